The van der Waals surface area contributed by atoms with E-state index in [-0.39, 0.29) is 0 Å². The van der Waals surface area contributed by atoms with Crippen LogP contribution in [0.1, 0.15) is 30.6 Å². The molecule has 2 rings (SSSR count). The second-order valence-electron chi connectivity index (χ2n) is 5.17. The van der Waals surface area contributed by atoms with Gasteiger partial charge in [0.05, 0.1) is 13.2 Å². The topological polar surface area (TPSA) is 84.9 Å². The van der Waals surface area contributed by atoms with E-state index in [0.29, 0.717) is 42.4 Å². The lowest BCUT2D eigenvalue weighted by Crippen LogP contribution is -2.54. The molecule has 2 N–H and O–H groups in total. The maximum atomic E-state index is 12.5. The van der Waals surface area contributed by atoms with Crippen molar-refractivity contribution in [2.24, 2.45) is 0 Å². The van der Waals surface area contributed by atoms with Crippen molar-refractivity contribution in [3.8, 4) is 11.5 Å². The molecule has 1 aromatic rings. The Morgan fingerprint density at radius 2 is 1.96 bits per heavy atom. The average Bonchev–Trinajstić information content (AvgIpc) is 2.99. The van der Waals surface area contributed by atoms with Gasteiger partial charge in [0.2, 0.25) is 0 Å². The van der Waals surface area contributed by atoms with Crippen molar-refractivity contribution in [1.82, 2.24) is 5.32 Å². The molecule has 126 valence electrons. The van der Waals surface area contributed by atoms with E-state index in [9.17, 15) is 14.7 Å². The lowest BCUT2D eigenvalue weighted by molar-refractivity contribution is -0.143. The summed E-state index contributed by atoms with van der Waals surface area (Å²) in [6.45, 7) is 4.65. The highest BCUT2D eigenvalue weighted by Crippen LogP contribution is 2.31. The third-order valence-corrected chi connectivity index (χ3v) is 4.78. The predicted molar refractivity (Wildman–Crippen MR) is 88.6 cm³/mol. The van der Waals surface area contributed by atoms with Crippen LogP contribution in [0.4, 0.5) is 0 Å². The van der Waals surface area contributed by atoms with E-state index in [1.54, 1.807) is 18.2 Å². The zero-order valence-corrected chi connectivity index (χ0v) is 14.1. The van der Waals surface area contributed by atoms with Gasteiger partial charge < -0.3 is 19.9 Å². The third kappa shape index (κ3) is 3.90. The van der Waals surface area contributed by atoms with E-state index in [2.05, 4.69) is 5.32 Å². The molecule has 1 amide bonds. The van der Waals surface area contributed by atoms with Crippen LogP contribution in [0.3, 0.4) is 0 Å². The first-order valence-corrected chi connectivity index (χ1v) is 8.71. The SMILES string of the molecule is CCOc1ccc(C(=O)NC2(C(=O)O)CCSC2)cc1OCC. The first-order valence-electron chi connectivity index (χ1n) is 7.55. The number of carbonyl (C=O) groups excluding carboxylic acids is 1. The molecule has 0 radical (unpaired) electrons. The van der Waals surface area contributed by atoms with Gasteiger partial charge in [-0.15, -0.1) is 0 Å². The lowest BCUT2D eigenvalue weighted by Gasteiger charge is -2.24. The van der Waals surface area contributed by atoms with Crippen LogP contribution in [0.15, 0.2) is 18.2 Å². The van der Waals surface area contributed by atoms with Crippen LogP contribution in [-0.2, 0) is 4.79 Å². The summed E-state index contributed by atoms with van der Waals surface area (Å²) in [7, 11) is 0. The average molecular weight is 339 g/mol. The molecule has 7 heteroatoms. The largest absolute Gasteiger partial charge is 0.490 e. The van der Waals surface area contributed by atoms with Crippen molar-refractivity contribution in [2.45, 2.75) is 25.8 Å². The monoisotopic (exact) mass is 339 g/mol. The highest BCUT2D eigenvalue weighted by molar-refractivity contribution is 7.99. The number of rotatable bonds is 7. The second kappa shape index (κ2) is 7.59. The summed E-state index contributed by atoms with van der Waals surface area (Å²) >= 11 is 1.53. The Balaban J connectivity index is 2.21. The van der Waals surface area contributed by atoms with Gasteiger partial charge in [0.25, 0.3) is 5.91 Å². The number of nitrogens with one attached hydrogen (secondary N) is 1. The summed E-state index contributed by atoms with van der Waals surface area (Å²) in [4.78, 5) is 24.0. The zero-order valence-electron chi connectivity index (χ0n) is 13.3. The van der Waals surface area contributed by atoms with Gasteiger partial charge in [0.1, 0.15) is 5.54 Å². The Morgan fingerprint density at radius 3 is 2.52 bits per heavy atom. The van der Waals surface area contributed by atoms with E-state index < -0.39 is 17.4 Å². The normalized spacial score (nSPS) is 20.1. The van der Waals surface area contributed by atoms with E-state index in [0.717, 1.165) is 5.75 Å². The molecule has 1 saturated heterocycles. The minimum atomic E-state index is -1.19. The molecule has 1 aromatic carbocycles. The summed E-state index contributed by atoms with van der Waals surface area (Å²) in [5.41, 5.74) is -0.832. The quantitative estimate of drug-likeness (QED) is 0.792. The highest BCUT2D eigenvalue weighted by Gasteiger charge is 2.43. The molecule has 1 aliphatic heterocycles. The van der Waals surface area contributed by atoms with Gasteiger partial charge >= 0.3 is 5.97 Å². The fraction of sp³-hybridized carbons (Fsp3) is 0.500. The van der Waals surface area contributed by atoms with Crippen molar-refractivity contribution >= 4 is 23.6 Å². The number of amides is 1. The molecular weight excluding hydrogens is 318 g/mol. The fourth-order valence-corrected chi connectivity index (χ4v) is 3.69. The minimum Gasteiger partial charge on any atom is -0.490 e. The number of hydrogen-bond acceptors (Lipinski definition) is 5. The Kier molecular flexibility index (Phi) is 5.76. The van der Waals surface area contributed by atoms with Crippen molar-refractivity contribution in [1.29, 1.82) is 0 Å². The highest BCUT2D eigenvalue weighted by atomic mass is 32.2. The Hall–Kier alpha value is -1.89. The van der Waals surface area contributed by atoms with Gasteiger partial charge in [-0.05, 0) is 44.2 Å². The van der Waals surface area contributed by atoms with Crippen molar-refractivity contribution in [3.63, 3.8) is 0 Å². The minimum absolute atomic E-state index is 0.356. The molecule has 6 nitrogen and oxygen atoms in total. The predicted octanol–water partition coefficient (Wildman–Crippen LogP) is 2.17. The first kappa shape index (κ1) is 17.5. The zero-order chi connectivity index (χ0) is 16.9. The molecular formula is C16H21NO5S. The number of carbonyl (C=O) groups is 2. The number of carboxylic acid groups (broad SMARTS) is 1. The number of hydrogen-bond donors (Lipinski definition) is 2. The number of ether oxygens (including phenoxy) is 2. The molecule has 1 fully saturated rings. The Bertz CT molecular complexity index is 584. The second-order valence-corrected chi connectivity index (χ2v) is 6.28. The van der Waals surface area contributed by atoms with Gasteiger partial charge in [-0.2, -0.15) is 11.8 Å². The van der Waals surface area contributed by atoms with E-state index in [4.69, 9.17) is 9.47 Å². The molecule has 1 heterocycles. The number of carboxylic acids is 1. The molecule has 0 saturated carbocycles. The summed E-state index contributed by atoms with van der Waals surface area (Å²) in [5, 5.41) is 12.1. The first-order chi connectivity index (χ1) is 11.0. The molecule has 1 unspecified atom stereocenters. The van der Waals surface area contributed by atoms with Gasteiger partial charge in [0.15, 0.2) is 11.5 Å². The Morgan fingerprint density at radius 1 is 1.26 bits per heavy atom. The van der Waals surface area contributed by atoms with Gasteiger partial charge in [-0.3, -0.25) is 4.79 Å². The maximum absolute atomic E-state index is 12.5. The Labute approximate surface area is 139 Å². The van der Waals surface area contributed by atoms with Crippen LogP contribution in [0, 0.1) is 0 Å². The van der Waals surface area contributed by atoms with Gasteiger partial charge in [0, 0.05) is 11.3 Å². The molecule has 0 aliphatic carbocycles. The van der Waals surface area contributed by atoms with Crippen molar-refractivity contribution in [2.75, 3.05) is 24.7 Å². The summed E-state index contributed by atoms with van der Waals surface area (Å²) in [6, 6.07) is 4.86. The van der Waals surface area contributed by atoms with Crippen LogP contribution in [-0.4, -0.2) is 47.2 Å². The van der Waals surface area contributed by atoms with Crippen LogP contribution in [0.5, 0.6) is 11.5 Å². The maximum Gasteiger partial charge on any atom is 0.330 e. The summed E-state index contributed by atoms with van der Waals surface area (Å²) in [5.74, 6) is 0.733. The fourth-order valence-electron chi connectivity index (χ4n) is 2.37. The number of thioether (sulfide) groups is 1. The van der Waals surface area contributed by atoms with E-state index >= 15 is 0 Å². The van der Waals surface area contributed by atoms with Crippen LogP contribution >= 0.6 is 11.8 Å². The number of aliphatic carboxylic acids is 1. The van der Waals surface area contributed by atoms with Gasteiger partial charge in [-0.25, -0.2) is 4.79 Å². The molecule has 0 aromatic heterocycles. The van der Waals surface area contributed by atoms with E-state index in [1.165, 1.54) is 11.8 Å². The summed E-state index contributed by atoms with van der Waals surface area (Å²) < 4.78 is 11.0. The van der Waals surface area contributed by atoms with E-state index in [1.807, 2.05) is 13.8 Å². The molecule has 0 bridgehead atoms. The van der Waals surface area contributed by atoms with Crippen LogP contribution in [0.25, 0.3) is 0 Å². The molecule has 23 heavy (non-hydrogen) atoms. The summed E-state index contributed by atoms with van der Waals surface area (Å²) in [6.07, 6.45) is 0.425. The third-order valence-electron chi connectivity index (χ3n) is 3.59. The van der Waals surface area contributed by atoms with Gasteiger partial charge in [-0.1, -0.05) is 0 Å². The number of benzene rings is 1. The molecule has 1 atom stereocenters. The standard InChI is InChI=1S/C16H21NO5S/c1-3-21-12-6-5-11(9-13(12)22-4-2)14(18)17-16(15(19)20)7-8-23-10-16/h5-6,9H,3-4,7-8,10H2,1-2H3,(H,17,18)(H,19,20). The smallest absolute Gasteiger partial charge is 0.330 e. The molecule has 1 aliphatic rings. The van der Waals surface area contributed by atoms with Crippen LogP contribution in [0.2, 0.25) is 0 Å². The molecule has 0 spiro atoms. The van der Waals surface area contributed by atoms with Crippen molar-refractivity contribution < 1.29 is 24.2 Å². The van der Waals surface area contributed by atoms with Crippen molar-refractivity contribution in [3.05, 3.63) is 23.8 Å². The van der Waals surface area contributed by atoms with Crippen LogP contribution < -0.4 is 14.8 Å². The lowest BCUT2D eigenvalue weighted by atomic mass is 9.98.